The molecule has 1 aliphatic heterocycles. The Bertz CT molecular complexity index is 1150. The van der Waals surface area contributed by atoms with Gasteiger partial charge in [0.15, 0.2) is 23.3 Å². The lowest BCUT2D eigenvalue weighted by Gasteiger charge is -2.11. The van der Waals surface area contributed by atoms with Crippen molar-refractivity contribution >= 4 is 17.7 Å². The molecule has 0 radical (unpaired) electrons. The number of carbonyl (C=O) groups excluding carboxylic acids is 1. The summed E-state index contributed by atoms with van der Waals surface area (Å²) in [5.41, 5.74) is -4.10. The summed E-state index contributed by atoms with van der Waals surface area (Å²) in [5.74, 6) is -12.2. The minimum atomic E-state index is -2.34. The number of anilines is 1. The van der Waals surface area contributed by atoms with Gasteiger partial charge in [-0.25, -0.2) is 26.7 Å². The second-order valence-corrected chi connectivity index (χ2v) is 6.02. The van der Waals surface area contributed by atoms with Crippen molar-refractivity contribution in [1.82, 2.24) is 9.13 Å². The first-order valence-corrected chi connectivity index (χ1v) is 8.00. The molecule has 6 nitrogen and oxygen atoms in total. The predicted octanol–water partition coefficient (Wildman–Crippen LogP) is 2.30. The molecular formula is C17H12F5N3O3. The lowest BCUT2D eigenvalue weighted by Crippen LogP contribution is -2.40. The van der Waals surface area contributed by atoms with Crippen LogP contribution in [0.15, 0.2) is 15.3 Å². The van der Waals surface area contributed by atoms with Crippen molar-refractivity contribution in [3.63, 3.8) is 0 Å². The van der Waals surface area contributed by atoms with E-state index in [2.05, 4.69) is 5.32 Å². The molecular weight excluding hydrogens is 389 g/mol. The third-order valence-corrected chi connectivity index (χ3v) is 4.25. The molecule has 1 aliphatic rings. The monoisotopic (exact) mass is 401 g/mol. The normalized spacial score (nSPS) is 14.5. The van der Waals surface area contributed by atoms with Crippen molar-refractivity contribution in [3.05, 3.63) is 66.7 Å². The molecule has 0 fully saturated rings. The molecule has 0 aliphatic carbocycles. The standard InChI is InChI=1S/C17H12F5N3O3/c1-3-4-25-15-8(16(27)24(2)17(25)28)14(26)7(23-15)5-6-9(18)11(20)13(22)12(21)10(6)19/h5,23H,3-4H2,1-2H3/b7-5-. The third-order valence-electron chi connectivity index (χ3n) is 4.25. The smallest absolute Gasteiger partial charge is 0.332 e. The van der Waals surface area contributed by atoms with Gasteiger partial charge in [0.1, 0.15) is 11.4 Å². The molecule has 0 spiro atoms. The minimum absolute atomic E-state index is 0.116. The highest BCUT2D eigenvalue weighted by molar-refractivity contribution is 6.19. The van der Waals surface area contributed by atoms with Gasteiger partial charge in [0.2, 0.25) is 11.6 Å². The zero-order valence-corrected chi connectivity index (χ0v) is 14.5. The average molecular weight is 401 g/mol. The van der Waals surface area contributed by atoms with Gasteiger partial charge in [0.25, 0.3) is 5.56 Å². The quantitative estimate of drug-likeness (QED) is 0.371. The van der Waals surface area contributed by atoms with E-state index in [0.717, 1.165) is 11.6 Å². The number of hydrogen-bond donors (Lipinski definition) is 1. The molecule has 1 aromatic heterocycles. The Morgan fingerprint density at radius 3 is 2.00 bits per heavy atom. The number of nitrogens with zero attached hydrogens (tertiary/aromatic N) is 2. The van der Waals surface area contributed by atoms with E-state index in [0.29, 0.717) is 17.1 Å². The average Bonchev–Trinajstić information content (AvgIpc) is 2.99. The highest BCUT2D eigenvalue weighted by Gasteiger charge is 2.34. The van der Waals surface area contributed by atoms with Crippen LogP contribution in [0.5, 0.6) is 0 Å². The summed E-state index contributed by atoms with van der Waals surface area (Å²) in [4.78, 5) is 37.1. The number of fused-ring (bicyclic) bond motifs is 1. The van der Waals surface area contributed by atoms with E-state index < -0.39 is 62.9 Å². The molecule has 0 unspecified atom stereocenters. The van der Waals surface area contributed by atoms with Crippen LogP contribution in [0.2, 0.25) is 0 Å². The number of rotatable bonds is 3. The molecule has 0 amide bonds. The lowest BCUT2D eigenvalue weighted by molar-refractivity contribution is 0.104. The van der Waals surface area contributed by atoms with Crippen LogP contribution in [0.3, 0.4) is 0 Å². The van der Waals surface area contributed by atoms with E-state index in [-0.39, 0.29) is 12.4 Å². The first-order valence-electron chi connectivity index (χ1n) is 8.00. The Balaban J connectivity index is 2.25. The van der Waals surface area contributed by atoms with Crippen LogP contribution in [-0.2, 0) is 13.6 Å². The maximum atomic E-state index is 13.9. The molecule has 0 bridgehead atoms. The maximum Gasteiger partial charge on any atom is 0.332 e. The molecule has 1 N–H and O–H groups in total. The molecule has 148 valence electrons. The number of ketones is 1. The number of Topliss-reactive ketones (excluding diaryl/α,β-unsaturated/α-hetero) is 1. The topological polar surface area (TPSA) is 73.1 Å². The van der Waals surface area contributed by atoms with Crippen LogP contribution in [-0.4, -0.2) is 14.9 Å². The van der Waals surface area contributed by atoms with Crippen LogP contribution in [0, 0.1) is 29.1 Å². The summed E-state index contributed by atoms with van der Waals surface area (Å²) in [7, 11) is 1.15. The number of allylic oxidation sites excluding steroid dienone is 1. The summed E-state index contributed by atoms with van der Waals surface area (Å²) < 4.78 is 69.5. The first-order chi connectivity index (χ1) is 13.1. The summed E-state index contributed by atoms with van der Waals surface area (Å²) in [6.07, 6.45) is 0.871. The van der Waals surface area contributed by atoms with Gasteiger partial charge in [-0.05, 0) is 12.5 Å². The van der Waals surface area contributed by atoms with Crippen LogP contribution >= 0.6 is 0 Å². The summed E-state index contributed by atoms with van der Waals surface area (Å²) >= 11 is 0. The largest absolute Gasteiger partial charge is 0.338 e. The van der Waals surface area contributed by atoms with E-state index in [1.807, 2.05) is 0 Å². The molecule has 1 aromatic carbocycles. The van der Waals surface area contributed by atoms with Gasteiger partial charge in [0, 0.05) is 13.6 Å². The summed E-state index contributed by atoms with van der Waals surface area (Å²) in [5, 5.41) is 2.39. The lowest BCUT2D eigenvalue weighted by atomic mass is 10.1. The number of carbonyl (C=O) groups is 1. The van der Waals surface area contributed by atoms with Crippen molar-refractivity contribution in [3.8, 4) is 0 Å². The van der Waals surface area contributed by atoms with Crippen LogP contribution < -0.4 is 16.6 Å². The molecule has 3 rings (SSSR count). The van der Waals surface area contributed by atoms with Gasteiger partial charge in [-0.15, -0.1) is 0 Å². The minimum Gasteiger partial charge on any atom is -0.338 e. The van der Waals surface area contributed by atoms with Crippen molar-refractivity contribution in [2.75, 3.05) is 5.32 Å². The van der Waals surface area contributed by atoms with E-state index in [4.69, 9.17) is 0 Å². The SMILES string of the molecule is CCCn1c2c(c(=O)n(C)c1=O)C(=O)/C(=C/c1c(F)c(F)c(F)c(F)c1F)N2. The fourth-order valence-corrected chi connectivity index (χ4v) is 2.85. The Morgan fingerprint density at radius 2 is 1.46 bits per heavy atom. The fourth-order valence-electron chi connectivity index (χ4n) is 2.85. The Kier molecular flexibility index (Phi) is 4.69. The van der Waals surface area contributed by atoms with Crippen LogP contribution in [0.1, 0.15) is 29.3 Å². The van der Waals surface area contributed by atoms with Gasteiger partial charge in [-0.2, -0.15) is 0 Å². The highest BCUT2D eigenvalue weighted by atomic mass is 19.2. The van der Waals surface area contributed by atoms with Crippen molar-refractivity contribution in [2.24, 2.45) is 7.05 Å². The fraction of sp³-hybridized carbons (Fsp3) is 0.235. The second kappa shape index (κ2) is 6.73. The number of halogens is 5. The number of benzene rings is 1. The van der Waals surface area contributed by atoms with Crippen molar-refractivity contribution in [2.45, 2.75) is 19.9 Å². The maximum absolute atomic E-state index is 13.9. The third kappa shape index (κ3) is 2.65. The predicted molar refractivity (Wildman–Crippen MR) is 88.4 cm³/mol. The Hall–Kier alpha value is -3.24. The van der Waals surface area contributed by atoms with Crippen LogP contribution in [0.4, 0.5) is 27.8 Å². The van der Waals surface area contributed by atoms with Crippen molar-refractivity contribution in [1.29, 1.82) is 0 Å². The second-order valence-electron chi connectivity index (χ2n) is 6.02. The van der Waals surface area contributed by atoms with E-state index >= 15 is 0 Å². The Labute approximate surface area is 153 Å². The highest BCUT2D eigenvalue weighted by Crippen LogP contribution is 2.29. The van der Waals surface area contributed by atoms with Gasteiger partial charge < -0.3 is 5.32 Å². The van der Waals surface area contributed by atoms with E-state index in [1.54, 1.807) is 6.92 Å². The van der Waals surface area contributed by atoms with Crippen molar-refractivity contribution < 1.29 is 26.7 Å². The molecule has 2 heterocycles. The van der Waals surface area contributed by atoms with E-state index in [9.17, 15) is 36.3 Å². The number of aromatic nitrogens is 2. The molecule has 0 saturated heterocycles. The van der Waals surface area contributed by atoms with Gasteiger partial charge in [0.05, 0.1) is 11.3 Å². The molecule has 0 saturated carbocycles. The van der Waals surface area contributed by atoms with Gasteiger partial charge in [-0.3, -0.25) is 18.7 Å². The zero-order valence-electron chi connectivity index (χ0n) is 14.5. The van der Waals surface area contributed by atoms with Gasteiger partial charge >= 0.3 is 5.69 Å². The summed E-state index contributed by atoms with van der Waals surface area (Å²) in [6, 6.07) is 0. The number of nitrogens with one attached hydrogen (secondary N) is 1. The van der Waals surface area contributed by atoms with Crippen LogP contribution in [0.25, 0.3) is 6.08 Å². The molecule has 0 atom stereocenters. The van der Waals surface area contributed by atoms with E-state index in [1.165, 1.54) is 0 Å². The summed E-state index contributed by atoms with van der Waals surface area (Å²) in [6.45, 7) is 1.84. The molecule has 28 heavy (non-hydrogen) atoms. The van der Waals surface area contributed by atoms with Gasteiger partial charge in [-0.1, -0.05) is 6.92 Å². The Morgan fingerprint density at radius 1 is 0.929 bits per heavy atom. The zero-order chi connectivity index (χ0) is 20.9. The first kappa shape index (κ1) is 19.5. The number of hydrogen-bond acceptors (Lipinski definition) is 4. The molecule has 2 aromatic rings. The molecule has 11 heteroatoms.